The van der Waals surface area contributed by atoms with E-state index in [9.17, 15) is 9.18 Å². The molecule has 2 aliphatic heterocycles. The lowest BCUT2D eigenvalue weighted by Gasteiger charge is -2.42. The third kappa shape index (κ3) is 5.62. The third-order valence-corrected chi connectivity index (χ3v) is 7.62. The standard InChI is InChI=1S/C30H33FN2O2/c31-26-11-9-23(10-12-26)21-27-7-4-8-28(32-27)25-13-17-33(18-14-25)29(34)30(15-19-35-20-16-30)22-24-5-2-1-3-6-24/h1-12,25H,13-22H2. The Morgan fingerprint density at radius 2 is 1.63 bits per heavy atom. The van der Waals surface area contributed by atoms with Crippen molar-refractivity contribution < 1.29 is 13.9 Å². The van der Waals surface area contributed by atoms with Crippen LogP contribution in [0.2, 0.25) is 0 Å². The second-order valence-corrected chi connectivity index (χ2v) is 9.98. The van der Waals surface area contributed by atoms with Crippen molar-refractivity contribution in [3.63, 3.8) is 0 Å². The van der Waals surface area contributed by atoms with Crippen molar-refractivity contribution in [2.24, 2.45) is 5.41 Å². The molecule has 2 aromatic carbocycles. The van der Waals surface area contributed by atoms with Crippen molar-refractivity contribution in [3.05, 3.63) is 101 Å². The number of carbonyl (C=O) groups is 1. The minimum Gasteiger partial charge on any atom is -0.381 e. The van der Waals surface area contributed by atoms with Crippen molar-refractivity contribution in [2.45, 2.75) is 44.4 Å². The molecule has 4 nitrogen and oxygen atoms in total. The summed E-state index contributed by atoms with van der Waals surface area (Å²) in [7, 11) is 0. The molecule has 2 fully saturated rings. The highest BCUT2D eigenvalue weighted by Gasteiger charge is 2.43. The van der Waals surface area contributed by atoms with Gasteiger partial charge in [-0.3, -0.25) is 9.78 Å². The van der Waals surface area contributed by atoms with Crippen LogP contribution in [-0.2, 0) is 22.4 Å². The molecule has 0 atom stereocenters. The lowest BCUT2D eigenvalue weighted by atomic mass is 9.73. The maximum Gasteiger partial charge on any atom is 0.229 e. The van der Waals surface area contributed by atoms with Gasteiger partial charge in [0.15, 0.2) is 0 Å². The van der Waals surface area contributed by atoms with Gasteiger partial charge in [-0.1, -0.05) is 48.5 Å². The number of hydrogen-bond acceptors (Lipinski definition) is 3. The number of benzene rings is 2. The fraction of sp³-hybridized carbons (Fsp3) is 0.400. The monoisotopic (exact) mass is 472 g/mol. The van der Waals surface area contributed by atoms with Crippen LogP contribution in [0.15, 0.2) is 72.8 Å². The van der Waals surface area contributed by atoms with Crippen LogP contribution in [-0.4, -0.2) is 42.1 Å². The highest BCUT2D eigenvalue weighted by atomic mass is 19.1. The van der Waals surface area contributed by atoms with Crippen LogP contribution >= 0.6 is 0 Å². The zero-order valence-corrected chi connectivity index (χ0v) is 20.2. The van der Waals surface area contributed by atoms with Crippen LogP contribution in [0, 0.1) is 11.2 Å². The van der Waals surface area contributed by atoms with Crippen molar-refractivity contribution in [3.8, 4) is 0 Å². The van der Waals surface area contributed by atoms with Gasteiger partial charge in [-0.25, -0.2) is 4.39 Å². The van der Waals surface area contributed by atoms with Gasteiger partial charge in [-0.05, 0) is 67.5 Å². The Hall–Kier alpha value is -3.05. The summed E-state index contributed by atoms with van der Waals surface area (Å²) in [6.45, 7) is 2.84. The molecule has 5 heteroatoms. The lowest BCUT2D eigenvalue weighted by molar-refractivity contribution is -0.149. The number of rotatable bonds is 6. The van der Waals surface area contributed by atoms with E-state index in [2.05, 4.69) is 41.3 Å². The molecule has 182 valence electrons. The zero-order chi connectivity index (χ0) is 24.1. The molecule has 2 aliphatic rings. The van der Waals surface area contributed by atoms with E-state index in [0.29, 0.717) is 31.5 Å². The molecule has 0 spiro atoms. The number of amides is 1. The number of ether oxygens (including phenoxy) is 1. The van der Waals surface area contributed by atoms with Gasteiger partial charge in [-0.2, -0.15) is 0 Å². The zero-order valence-electron chi connectivity index (χ0n) is 20.2. The minimum absolute atomic E-state index is 0.219. The Kier molecular flexibility index (Phi) is 7.24. The fourth-order valence-corrected chi connectivity index (χ4v) is 5.56. The first-order chi connectivity index (χ1) is 17.1. The van der Waals surface area contributed by atoms with E-state index in [4.69, 9.17) is 9.72 Å². The maximum atomic E-state index is 13.8. The van der Waals surface area contributed by atoms with Gasteiger partial charge >= 0.3 is 0 Å². The molecule has 0 aliphatic carbocycles. The second-order valence-electron chi connectivity index (χ2n) is 9.98. The molecule has 0 N–H and O–H groups in total. The molecule has 0 radical (unpaired) electrons. The predicted molar refractivity (Wildman–Crippen MR) is 135 cm³/mol. The average Bonchev–Trinajstić information content (AvgIpc) is 2.91. The number of hydrogen-bond donors (Lipinski definition) is 0. The van der Waals surface area contributed by atoms with Crippen molar-refractivity contribution in [2.75, 3.05) is 26.3 Å². The van der Waals surface area contributed by atoms with E-state index in [-0.39, 0.29) is 11.2 Å². The van der Waals surface area contributed by atoms with E-state index in [1.807, 2.05) is 24.3 Å². The van der Waals surface area contributed by atoms with Crippen LogP contribution in [0.4, 0.5) is 4.39 Å². The maximum absolute atomic E-state index is 13.8. The molecular formula is C30H33FN2O2. The van der Waals surface area contributed by atoms with Crippen LogP contribution < -0.4 is 0 Å². The Labute approximate surface area is 207 Å². The van der Waals surface area contributed by atoms with E-state index in [0.717, 1.165) is 62.1 Å². The largest absolute Gasteiger partial charge is 0.381 e. The highest BCUT2D eigenvalue weighted by molar-refractivity contribution is 5.83. The quantitative estimate of drug-likeness (QED) is 0.472. The van der Waals surface area contributed by atoms with Crippen molar-refractivity contribution in [1.29, 1.82) is 0 Å². The molecule has 0 unspecified atom stereocenters. The molecule has 2 saturated heterocycles. The first-order valence-electron chi connectivity index (χ1n) is 12.7. The lowest BCUT2D eigenvalue weighted by Crippen LogP contribution is -2.50. The summed E-state index contributed by atoms with van der Waals surface area (Å²) >= 11 is 0. The minimum atomic E-state index is -0.361. The molecular weight excluding hydrogens is 439 g/mol. The smallest absolute Gasteiger partial charge is 0.229 e. The Bertz CT molecular complexity index is 1120. The van der Waals surface area contributed by atoms with Crippen LogP contribution in [0.5, 0.6) is 0 Å². The number of nitrogens with zero attached hydrogens (tertiary/aromatic N) is 2. The third-order valence-electron chi connectivity index (χ3n) is 7.62. The Morgan fingerprint density at radius 1 is 0.914 bits per heavy atom. The predicted octanol–water partition coefficient (Wildman–Crippen LogP) is 5.56. The molecule has 0 saturated carbocycles. The molecule has 5 rings (SSSR count). The molecule has 0 bridgehead atoms. The fourth-order valence-electron chi connectivity index (χ4n) is 5.56. The number of likely N-dealkylation sites (tertiary alicyclic amines) is 1. The summed E-state index contributed by atoms with van der Waals surface area (Å²) in [5, 5.41) is 0. The van der Waals surface area contributed by atoms with Crippen molar-refractivity contribution >= 4 is 5.91 Å². The molecule has 1 aromatic heterocycles. The summed E-state index contributed by atoms with van der Waals surface area (Å²) in [5.74, 6) is 0.427. The van der Waals surface area contributed by atoms with Gasteiger partial charge in [0, 0.05) is 50.0 Å². The summed E-state index contributed by atoms with van der Waals surface area (Å²) in [4.78, 5) is 20.9. The first kappa shape index (κ1) is 23.7. The van der Waals surface area contributed by atoms with Gasteiger partial charge in [-0.15, -0.1) is 0 Å². The van der Waals surface area contributed by atoms with E-state index in [1.54, 1.807) is 0 Å². The number of aromatic nitrogens is 1. The Morgan fingerprint density at radius 3 is 2.34 bits per heavy atom. The van der Waals surface area contributed by atoms with Gasteiger partial charge < -0.3 is 9.64 Å². The average molecular weight is 473 g/mol. The van der Waals surface area contributed by atoms with Gasteiger partial charge in [0.2, 0.25) is 5.91 Å². The molecule has 3 heterocycles. The normalized spacial score (nSPS) is 18.4. The number of carbonyl (C=O) groups excluding carboxylic acids is 1. The molecule has 3 aromatic rings. The molecule has 1 amide bonds. The molecule has 35 heavy (non-hydrogen) atoms. The van der Waals surface area contributed by atoms with E-state index in [1.165, 1.54) is 17.7 Å². The summed E-state index contributed by atoms with van der Waals surface area (Å²) in [6, 6.07) is 23.2. The van der Waals surface area contributed by atoms with E-state index >= 15 is 0 Å². The van der Waals surface area contributed by atoms with E-state index < -0.39 is 0 Å². The SMILES string of the molecule is O=C(N1CCC(c2cccc(Cc3ccc(F)cc3)n2)CC1)C1(Cc2ccccc2)CCOCC1. The van der Waals surface area contributed by atoms with Crippen LogP contribution in [0.3, 0.4) is 0 Å². The summed E-state index contributed by atoms with van der Waals surface area (Å²) in [5.41, 5.74) is 4.01. The highest BCUT2D eigenvalue weighted by Crippen LogP contribution is 2.38. The van der Waals surface area contributed by atoms with Crippen LogP contribution in [0.1, 0.15) is 54.1 Å². The summed E-state index contributed by atoms with van der Waals surface area (Å²) in [6.07, 6.45) is 4.90. The topological polar surface area (TPSA) is 42.4 Å². The van der Waals surface area contributed by atoms with Crippen LogP contribution in [0.25, 0.3) is 0 Å². The Balaban J connectivity index is 1.24. The number of pyridine rings is 1. The van der Waals surface area contributed by atoms with Gasteiger partial charge in [0.05, 0.1) is 5.41 Å². The van der Waals surface area contributed by atoms with Crippen molar-refractivity contribution in [1.82, 2.24) is 9.88 Å². The summed E-state index contributed by atoms with van der Waals surface area (Å²) < 4.78 is 18.9. The first-order valence-corrected chi connectivity index (χ1v) is 12.7. The number of halogens is 1. The number of piperidine rings is 1. The second kappa shape index (κ2) is 10.7. The van der Waals surface area contributed by atoms with Gasteiger partial charge in [0.25, 0.3) is 0 Å². The van der Waals surface area contributed by atoms with Gasteiger partial charge in [0.1, 0.15) is 5.82 Å².